The number of carbonyl (C=O) groups is 1. The number of carbonyl (C=O) groups excluding carboxylic acids is 1. The molecule has 0 radical (unpaired) electrons. The topological polar surface area (TPSA) is 54.5 Å². The van der Waals surface area contributed by atoms with Gasteiger partial charge in [-0.2, -0.15) is 0 Å². The minimum atomic E-state index is -0.423. The van der Waals surface area contributed by atoms with Gasteiger partial charge in [0.2, 0.25) is 5.91 Å². The van der Waals surface area contributed by atoms with Gasteiger partial charge in [0.15, 0.2) is 0 Å². The fourth-order valence-corrected chi connectivity index (χ4v) is 4.67. The lowest BCUT2D eigenvalue weighted by Gasteiger charge is -2.28. The summed E-state index contributed by atoms with van der Waals surface area (Å²) in [4.78, 5) is 19.7. The van der Waals surface area contributed by atoms with Gasteiger partial charge in [-0.25, -0.2) is 0 Å². The Labute approximate surface area is 190 Å². The van der Waals surface area contributed by atoms with E-state index in [1.54, 1.807) is 13.2 Å². The van der Waals surface area contributed by atoms with Crippen molar-refractivity contribution in [3.63, 3.8) is 0 Å². The Morgan fingerprint density at radius 3 is 2.62 bits per heavy atom. The van der Waals surface area contributed by atoms with Crippen molar-refractivity contribution in [2.24, 2.45) is 5.41 Å². The van der Waals surface area contributed by atoms with E-state index in [1.807, 2.05) is 31.3 Å². The van der Waals surface area contributed by atoms with Gasteiger partial charge in [-0.05, 0) is 66.8 Å². The van der Waals surface area contributed by atoms with Crippen LogP contribution in [0.1, 0.15) is 24.5 Å². The number of hydrogen-bond acceptors (Lipinski definition) is 4. The minimum absolute atomic E-state index is 0.124. The average Bonchev–Trinajstić information content (AvgIpc) is 3.24. The molecule has 3 aromatic rings. The van der Waals surface area contributed by atoms with Crippen LogP contribution in [0.25, 0.3) is 11.1 Å². The monoisotopic (exact) mass is 429 g/mol. The average molecular weight is 430 g/mol. The standard InChI is InChI=1S/C27H31N3O2/c1-3-32-25-11-9-21(10-12-25)19-30-15-13-27(20-30,26(31)28-2)17-22-6-4-7-23(16-22)24-8-5-14-29-18-24/h4-12,14,16,18H,3,13,15,17,19-20H2,1-2H3,(H,28,31). The summed E-state index contributed by atoms with van der Waals surface area (Å²) in [6.45, 7) is 5.14. The van der Waals surface area contributed by atoms with Crippen molar-refractivity contribution < 1.29 is 9.53 Å². The number of amides is 1. The molecule has 2 heterocycles. The normalized spacial score (nSPS) is 18.4. The SMILES string of the molecule is CCOc1ccc(CN2CCC(Cc3cccc(-c4cccnc4)c3)(C(=O)NC)C2)cc1. The smallest absolute Gasteiger partial charge is 0.227 e. The third-order valence-electron chi connectivity index (χ3n) is 6.25. The summed E-state index contributed by atoms with van der Waals surface area (Å²) < 4.78 is 5.55. The molecule has 0 bridgehead atoms. The van der Waals surface area contributed by atoms with Crippen LogP contribution in [-0.4, -0.2) is 42.5 Å². The molecule has 5 nitrogen and oxygen atoms in total. The zero-order chi connectivity index (χ0) is 22.4. The highest BCUT2D eigenvalue weighted by molar-refractivity contribution is 5.83. The maximum Gasteiger partial charge on any atom is 0.227 e. The lowest BCUT2D eigenvalue weighted by atomic mass is 9.79. The van der Waals surface area contributed by atoms with Crippen molar-refractivity contribution in [3.8, 4) is 16.9 Å². The van der Waals surface area contributed by atoms with E-state index >= 15 is 0 Å². The number of hydrogen-bond donors (Lipinski definition) is 1. The summed E-state index contributed by atoms with van der Waals surface area (Å²) in [5.74, 6) is 1.02. The quantitative estimate of drug-likeness (QED) is 0.579. The molecule has 1 aromatic heterocycles. The van der Waals surface area contributed by atoms with Gasteiger partial charge >= 0.3 is 0 Å². The highest BCUT2D eigenvalue weighted by Gasteiger charge is 2.44. The van der Waals surface area contributed by atoms with Crippen LogP contribution in [-0.2, 0) is 17.8 Å². The molecule has 166 valence electrons. The number of ether oxygens (including phenoxy) is 1. The Kier molecular flexibility index (Phi) is 6.86. The molecule has 5 heteroatoms. The van der Waals surface area contributed by atoms with Crippen LogP contribution in [0.4, 0.5) is 0 Å². The summed E-state index contributed by atoms with van der Waals surface area (Å²) in [6, 6.07) is 20.8. The maximum atomic E-state index is 13.0. The van der Waals surface area contributed by atoms with Gasteiger partial charge in [-0.15, -0.1) is 0 Å². The maximum absolute atomic E-state index is 13.0. The summed E-state index contributed by atoms with van der Waals surface area (Å²) in [5, 5.41) is 2.93. The third-order valence-corrected chi connectivity index (χ3v) is 6.25. The predicted octanol–water partition coefficient (Wildman–Crippen LogP) is 4.33. The molecule has 1 aliphatic heterocycles. The Morgan fingerprint density at radius 1 is 1.09 bits per heavy atom. The largest absolute Gasteiger partial charge is 0.494 e. The lowest BCUT2D eigenvalue weighted by Crippen LogP contribution is -2.43. The molecule has 1 amide bonds. The first kappa shape index (κ1) is 22.0. The molecule has 1 fully saturated rings. The number of nitrogens with zero attached hydrogens (tertiary/aromatic N) is 2. The first-order chi connectivity index (χ1) is 15.6. The number of nitrogens with one attached hydrogen (secondary N) is 1. The second-order valence-corrected chi connectivity index (χ2v) is 8.52. The highest BCUT2D eigenvalue weighted by atomic mass is 16.5. The number of pyridine rings is 1. The molecule has 2 aromatic carbocycles. The van der Waals surface area contributed by atoms with E-state index in [4.69, 9.17) is 4.74 Å². The Morgan fingerprint density at radius 2 is 1.91 bits per heavy atom. The van der Waals surface area contributed by atoms with E-state index in [-0.39, 0.29) is 5.91 Å². The second-order valence-electron chi connectivity index (χ2n) is 8.52. The van der Waals surface area contributed by atoms with Crippen molar-refractivity contribution in [2.75, 3.05) is 26.7 Å². The van der Waals surface area contributed by atoms with Crippen LogP contribution in [0.5, 0.6) is 5.75 Å². The van der Waals surface area contributed by atoms with Gasteiger partial charge in [0, 0.05) is 32.5 Å². The van der Waals surface area contributed by atoms with E-state index in [2.05, 4.69) is 57.7 Å². The Hall–Kier alpha value is -3.18. The fourth-order valence-electron chi connectivity index (χ4n) is 4.67. The van der Waals surface area contributed by atoms with Gasteiger partial charge < -0.3 is 10.1 Å². The van der Waals surface area contributed by atoms with Crippen molar-refractivity contribution in [3.05, 3.63) is 84.2 Å². The van der Waals surface area contributed by atoms with Crippen LogP contribution in [0, 0.1) is 5.41 Å². The second kappa shape index (κ2) is 9.96. The first-order valence-corrected chi connectivity index (χ1v) is 11.3. The summed E-state index contributed by atoms with van der Waals surface area (Å²) in [5.41, 5.74) is 4.21. The van der Waals surface area contributed by atoms with Crippen LogP contribution < -0.4 is 10.1 Å². The van der Waals surface area contributed by atoms with Crippen molar-refractivity contribution >= 4 is 5.91 Å². The molecule has 0 aliphatic carbocycles. The number of rotatable bonds is 8. The molecule has 1 saturated heterocycles. The summed E-state index contributed by atoms with van der Waals surface area (Å²) in [7, 11) is 1.74. The van der Waals surface area contributed by atoms with E-state index < -0.39 is 5.41 Å². The number of aromatic nitrogens is 1. The van der Waals surface area contributed by atoms with E-state index in [0.717, 1.165) is 49.4 Å². The fraction of sp³-hybridized carbons (Fsp3) is 0.333. The van der Waals surface area contributed by atoms with Crippen LogP contribution in [0.15, 0.2) is 73.1 Å². The summed E-state index contributed by atoms with van der Waals surface area (Å²) in [6.07, 6.45) is 5.23. The Bertz CT molecular complexity index is 1040. The Balaban J connectivity index is 1.50. The third kappa shape index (κ3) is 5.00. The molecule has 32 heavy (non-hydrogen) atoms. The van der Waals surface area contributed by atoms with Crippen molar-refractivity contribution in [2.45, 2.75) is 26.3 Å². The zero-order valence-corrected chi connectivity index (χ0v) is 18.9. The molecule has 1 atom stereocenters. The van der Waals surface area contributed by atoms with Crippen LogP contribution >= 0.6 is 0 Å². The van der Waals surface area contributed by atoms with Crippen molar-refractivity contribution in [1.82, 2.24) is 15.2 Å². The molecule has 4 rings (SSSR count). The van der Waals surface area contributed by atoms with Crippen molar-refractivity contribution in [1.29, 1.82) is 0 Å². The molecular weight excluding hydrogens is 398 g/mol. The zero-order valence-electron chi connectivity index (χ0n) is 18.9. The van der Waals surface area contributed by atoms with Crippen LogP contribution in [0.3, 0.4) is 0 Å². The first-order valence-electron chi connectivity index (χ1n) is 11.3. The molecule has 0 spiro atoms. The number of likely N-dealkylation sites (tertiary alicyclic amines) is 1. The summed E-state index contributed by atoms with van der Waals surface area (Å²) >= 11 is 0. The lowest BCUT2D eigenvalue weighted by molar-refractivity contribution is -0.130. The molecule has 1 aliphatic rings. The van der Waals surface area contributed by atoms with E-state index in [9.17, 15) is 4.79 Å². The van der Waals surface area contributed by atoms with E-state index in [1.165, 1.54) is 11.1 Å². The highest BCUT2D eigenvalue weighted by Crippen LogP contribution is 2.36. The van der Waals surface area contributed by atoms with Gasteiger partial charge in [0.1, 0.15) is 5.75 Å². The van der Waals surface area contributed by atoms with Gasteiger partial charge in [-0.3, -0.25) is 14.7 Å². The van der Waals surface area contributed by atoms with Gasteiger partial charge in [-0.1, -0.05) is 42.5 Å². The predicted molar refractivity (Wildman–Crippen MR) is 127 cm³/mol. The molecule has 1 N–H and O–H groups in total. The van der Waals surface area contributed by atoms with Gasteiger partial charge in [0.25, 0.3) is 0 Å². The minimum Gasteiger partial charge on any atom is -0.494 e. The van der Waals surface area contributed by atoms with Gasteiger partial charge in [0.05, 0.1) is 12.0 Å². The van der Waals surface area contributed by atoms with Crippen LogP contribution in [0.2, 0.25) is 0 Å². The molecule has 1 unspecified atom stereocenters. The molecule has 0 saturated carbocycles. The number of benzene rings is 2. The molecular formula is C27H31N3O2. The van der Waals surface area contributed by atoms with E-state index in [0.29, 0.717) is 6.61 Å².